The molecule has 1 aliphatic carbocycles. The molecule has 1 atom stereocenters. The topological polar surface area (TPSA) is 54.4 Å². The molecule has 0 amide bonds. The summed E-state index contributed by atoms with van der Waals surface area (Å²) in [5.41, 5.74) is -0.862. The van der Waals surface area contributed by atoms with Crippen molar-refractivity contribution in [2.24, 2.45) is 0 Å². The van der Waals surface area contributed by atoms with Crippen molar-refractivity contribution in [3.63, 3.8) is 0 Å². The molecule has 76 valence electrons. The van der Waals surface area contributed by atoms with Crippen LogP contribution in [0.3, 0.4) is 0 Å². The molecule has 0 aromatic carbocycles. The minimum atomic E-state index is -2.99. The van der Waals surface area contributed by atoms with E-state index >= 15 is 0 Å². The van der Waals surface area contributed by atoms with Crippen molar-refractivity contribution in [1.29, 1.82) is 0 Å². The molecule has 2 fully saturated rings. The number of hydrogen-bond acceptors (Lipinski definition) is 3. The van der Waals surface area contributed by atoms with E-state index in [1.54, 1.807) is 0 Å². The Morgan fingerprint density at radius 2 is 1.85 bits per heavy atom. The van der Waals surface area contributed by atoms with E-state index in [2.05, 4.69) is 0 Å². The third kappa shape index (κ3) is 1.50. The lowest BCUT2D eigenvalue weighted by atomic mass is 9.76. The Balaban J connectivity index is 2.21. The van der Waals surface area contributed by atoms with Crippen molar-refractivity contribution in [3.05, 3.63) is 0 Å². The molecular formula is C9H16O3S. The molecule has 1 aliphatic heterocycles. The van der Waals surface area contributed by atoms with E-state index in [4.69, 9.17) is 0 Å². The van der Waals surface area contributed by atoms with E-state index in [0.717, 1.165) is 19.3 Å². The largest absolute Gasteiger partial charge is 0.389 e. The zero-order chi connectivity index (χ0) is 9.53. The first-order valence-electron chi connectivity index (χ1n) is 4.99. The van der Waals surface area contributed by atoms with Gasteiger partial charge in [0.15, 0.2) is 9.84 Å². The fourth-order valence-corrected chi connectivity index (χ4v) is 4.74. The van der Waals surface area contributed by atoms with Gasteiger partial charge in [-0.05, 0) is 32.1 Å². The van der Waals surface area contributed by atoms with Gasteiger partial charge in [-0.2, -0.15) is 0 Å². The first-order chi connectivity index (χ1) is 6.05. The van der Waals surface area contributed by atoms with Crippen LogP contribution in [0.25, 0.3) is 0 Å². The van der Waals surface area contributed by atoms with Gasteiger partial charge in [0.1, 0.15) is 0 Å². The van der Waals surface area contributed by atoms with Crippen molar-refractivity contribution in [1.82, 2.24) is 0 Å². The molecule has 3 nitrogen and oxygen atoms in total. The van der Waals surface area contributed by atoms with Gasteiger partial charge in [0.2, 0.25) is 0 Å². The summed E-state index contributed by atoms with van der Waals surface area (Å²) in [6.45, 7) is 0. The lowest BCUT2D eigenvalue weighted by Crippen LogP contribution is -2.53. The third-order valence-corrected chi connectivity index (χ3v) is 5.80. The average molecular weight is 204 g/mol. The predicted octanol–water partition coefficient (Wildman–Crippen LogP) is 0.869. The lowest BCUT2D eigenvalue weighted by Gasteiger charge is -2.44. The van der Waals surface area contributed by atoms with E-state index in [1.807, 2.05) is 0 Å². The van der Waals surface area contributed by atoms with Gasteiger partial charge in [0, 0.05) is 0 Å². The SMILES string of the molecule is O=S1(=O)CCCCC1C1(O)CCC1. The zero-order valence-corrected chi connectivity index (χ0v) is 8.52. The Morgan fingerprint density at radius 1 is 1.15 bits per heavy atom. The van der Waals surface area contributed by atoms with Crippen LogP contribution >= 0.6 is 0 Å². The van der Waals surface area contributed by atoms with Crippen molar-refractivity contribution in [2.75, 3.05) is 5.75 Å². The van der Waals surface area contributed by atoms with E-state index < -0.39 is 20.7 Å². The van der Waals surface area contributed by atoms with Gasteiger partial charge in [0.25, 0.3) is 0 Å². The van der Waals surface area contributed by atoms with Crippen LogP contribution in [0.2, 0.25) is 0 Å². The highest BCUT2D eigenvalue weighted by Gasteiger charge is 2.49. The summed E-state index contributed by atoms with van der Waals surface area (Å²) in [6, 6.07) is 0. The van der Waals surface area contributed by atoms with Crippen LogP contribution in [0.4, 0.5) is 0 Å². The van der Waals surface area contributed by atoms with Gasteiger partial charge in [-0.1, -0.05) is 6.42 Å². The standard InChI is InChI=1S/C9H16O3S/c10-9(5-3-6-9)8-4-1-2-7-13(8,11)12/h8,10H,1-7H2. The average Bonchev–Trinajstić information content (AvgIpc) is 2.00. The van der Waals surface area contributed by atoms with Crippen molar-refractivity contribution in [3.8, 4) is 0 Å². The quantitative estimate of drug-likeness (QED) is 0.689. The summed E-state index contributed by atoms with van der Waals surface area (Å²) in [5, 5.41) is 9.54. The maximum Gasteiger partial charge on any atom is 0.155 e. The maximum atomic E-state index is 11.7. The van der Waals surface area contributed by atoms with Crippen LogP contribution in [0.15, 0.2) is 0 Å². The monoisotopic (exact) mass is 204 g/mol. The van der Waals surface area contributed by atoms with Crippen LogP contribution in [0.5, 0.6) is 0 Å². The summed E-state index contributed by atoms with van der Waals surface area (Å²) in [5.74, 6) is 0.278. The number of aliphatic hydroxyl groups is 1. The van der Waals surface area contributed by atoms with Crippen molar-refractivity contribution < 1.29 is 13.5 Å². The Labute approximate surface area is 79.1 Å². The van der Waals surface area contributed by atoms with E-state index in [9.17, 15) is 13.5 Å². The second kappa shape index (κ2) is 2.95. The number of hydrogen-bond donors (Lipinski definition) is 1. The van der Waals surface area contributed by atoms with E-state index in [0.29, 0.717) is 19.3 Å². The fourth-order valence-electron chi connectivity index (χ4n) is 2.42. The fraction of sp³-hybridized carbons (Fsp3) is 1.00. The summed E-state index contributed by atoms with van der Waals surface area (Å²) >= 11 is 0. The summed E-state index contributed by atoms with van der Waals surface area (Å²) in [6.07, 6.45) is 4.72. The highest BCUT2D eigenvalue weighted by Crippen LogP contribution is 2.41. The molecule has 0 spiro atoms. The highest BCUT2D eigenvalue weighted by atomic mass is 32.2. The molecule has 13 heavy (non-hydrogen) atoms. The van der Waals surface area contributed by atoms with Gasteiger partial charge < -0.3 is 5.11 Å². The third-order valence-electron chi connectivity index (χ3n) is 3.40. The molecule has 0 bridgehead atoms. The van der Waals surface area contributed by atoms with Crippen LogP contribution in [-0.2, 0) is 9.84 Å². The number of sulfone groups is 1. The molecule has 0 aromatic rings. The Bertz CT molecular complexity index is 290. The summed E-state index contributed by atoms with van der Waals surface area (Å²) in [4.78, 5) is 0. The Kier molecular flexibility index (Phi) is 2.15. The summed E-state index contributed by atoms with van der Waals surface area (Å²) < 4.78 is 23.3. The van der Waals surface area contributed by atoms with Crippen LogP contribution in [0, 0.1) is 0 Å². The zero-order valence-electron chi connectivity index (χ0n) is 7.70. The number of rotatable bonds is 1. The van der Waals surface area contributed by atoms with Crippen molar-refractivity contribution in [2.45, 2.75) is 49.4 Å². The first-order valence-corrected chi connectivity index (χ1v) is 6.70. The molecule has 1 heterocycles. The normalized spacial score (nSPS) is 36.5. The van der Waals surface area contributed by atoms with Crippen molar-refractivity contribution >= 4 is 9.84 Å². The van der Waals surface area contributed by atoms with Gasteiger partial charge >= 0.3 is 0 Å². The molecule has 1 unspecified atom stereocenters. The highest BCUT2D eigenvalue weighted by molar-refractivity contribution is 7.92. The smallest absolute Gasteiger partial charge is 0.155 e. The molecule has 1 saturated carbocycles. The minimum Gasteiger partial charge on any atom is -0.389 e. The molecule has 0 aromatic heterocycles. The summed E-state index contributed by atoms with van der Waals surface area (Å²) in [7, 11) is -2.99. The Morgan fingerprint density at radius 3 is 2.31 bits per heavy atom. The van der Waals surface area contributed by atoms with Crippen LogP contribution in [0.1, 0.15) is 38.5 Å². The van der Waals surface area contributed by atoms with E-state index in [1.165, 1.54) is 0 Å². The molecule has 1 N–H and O–H groups in total. The minimum absolute atomic E-state index is 0.278. The molecule has 4 heteroatoms. The lowest BCUT2D eigenvalue weighted by molar-refractivity contribution is -0.0391. The maximum absolute atomic E-state index is 11.7. The van der Waals surface area contributed by atoms with E-state index in [-0.39, 0.29) is 5.75 Å². The van der Waals surface area contributed by atoms with Gasteiger partial charge in [0.05, 0.1) is 16.6 Å². The van der Waals surface area contributed by atoms with Gasteiger partial charge in [-0.25, -0.2) is 8.42 Å². The molecular weight excluding hydrogens is 188 g/mol. The van der Waals surface area contributed by atoms with Crippen LogP contribution < -0.4 is 0 Å². The van der Waals surface area contributed by atoms with Gasteiger partial charge in [-0.3, -0.25) is 0 Å². The second-order valence-electron chi connectivity index (χ2n) is 4.31. The van der Waals surface area contributed by atoms with Gasteiger partial charge in [-0.15, -0.1) is 0 Å². The molecule has 0 radical (unpaired) electrons. The molecule has 2 aliphatic rings. The first kappa shape index (κ1) is 9.46. The molecule has 2 rings (SSSR count). The molecule has 1 saturated heterocycles. The second-order valence-corrected chi connectivity index (χ2v) is 6.61. The Hall–Kier alpha value is -0.0900. The predicted molar refractivity (Wildman–Crippen MR) is 50.2 cm³/mol. The van der Waals surface area contributed by atoms with Crippen LogP contribution in [-0.4, -0.2) is 30.1 Å².